The molecule has 110 valence electrons. The number of carbonyl (C=O) groups excluding carboxylic acids is 2. The average molecular weight is 293 g/mol. The van der Waals surface area contributed by atoms with Crippen LogP contribution in [-0.4, -0.2) is 16.8 Å². The summed E-state index contributed by atoms with van der Waals surface area (Å²) in [5, 5.41) is 10.2. The Labute approximate surface area is 128 Å². The lowest BCUT2D eigenvalue weighted by molar-refractivity contribution is -0.117. The van der Waals surface area contributed by atoms with Crippen molar-refractivity contribution in [2.45, 2.75) is 13.0 Å². The minimum absolute atomic E-state index is 0.139. The predicted molar refractivity (Wildman–Crippen MR) is 83.4 cm³/mol. The van der Waals surface area contributed by atoms with Crippen LogP contribution in [0.15, 0.2) is 72.0 Å². The van der Waals surface area contributed by atoms with Gasteiger partial charge in [-0.05, 0) is 24.6 Å². The van der Waals surface area contributed by atoms with Crippen LogP contribution in [0.5, 0.6) is 0 Å². The molecule has 1 N–H and O–H groups in total. The molecule has 0 aromatic heterocycles. The van der Waals surface area contributed by atoms with E-state index in [9.17, 15) is 14.7 Å². The summed E-state index contributed by atoms with van der Waals surface area (Å²) in [7, 11) is 0. The lowest BCUT2D eigenvalue weighted by Gasteiger charge is -2.26. The maximum absolute atomic E-state index is 12.5. The van der Waals surface area contributed by atoms with Crippen molar-refractivity contribution in [3.8, 4) is 0 Å². The molecular weight excluding hydrogens is 278 g/mol. The molecule has 0 fully saturated rings. The predicted octanol–water partition coefficient (Wildman–Crippen LogP) is 3.18. The average Bonchev–Trinajstić information content (AvgIpc) is 2.81. The number of Topliss-reactive ketones (excluding diaryl/α,β-unsaturated/α-hetero) is 1. The minimum Gasteiger partial charge on any atom is -0.503 e. The summed E-state index contributed by atoms with van der Waals surface area (Å²) in [6.07, 6.45) is 0. The Bertz CT molecular complexity index is 750. The van der Waals surface area contributed by atoms with E-state index in [0.717, 1.165) is 5.56 Å². The van der Waals surface area contributed by atoms with Crippen LogP contribution in [0.4, 0.5) is 5.69 Å². The van der Waals surface area contributed by atoms with E-state index in [1.165, 1.54) is 11.8 Å². The highest BCUT2D eigenvalue weighted by molar-refractivity contribution is 6.16. The minimum atomic E-state index is -0.603. The van der Waals surface area contributed by atoms with E-state index in [2.05, 4.69) is 0 Å². The number of nitrogens with zero attached hydrogens (tertiary/aromatic N) is 1. The highest BCUT2D eigenvalue weighted by Gasteiger charge is 2.43. The zero-order valence-corrected chi connectivity index (χ0v) is 12.1. The molecule has 0 aliphatic carbocycles. The molecule has 1 aliphatic rings. The normalized spacial score (nSPS) is 18.0. The lowest BCUT2D eigenvalue weighted by Crippen LogP contribution is -2.30. The summed E-state index contributed by atoms with van der Waals surface area (Å²) in [6.45, 7) is 1.36. The van der Waals surface area contributed by atoms with Gasteiger partial charge in [-0.1, -0.05) is 48.5 Å². The van der Waals surface area contributed by atoms with Crippen LogP contribution in [-0.2, 0) is 9.59 Å². The molecule has 4 nitrogen and oxygen atoms in total. The van der Waals surface area contributed by atoms with Gasteiger partial charge in [-0.15, -0.1) is 0 Å². The van der Waals surface area contributed by atoms with Crippen molar-refractivity contribution in [3.05, 3.63) is 77.6 Å². The number of rotatable bonds is 3. The van der Waals surface area contributed by atoms with Gasteiger partial charge in [0.25, 0.3) is 5.91 Å². The Balaban J connectivity index is 2.18. The number of hydrogen-bond acceptors (Lipinski definition) is 3. The molecule has 0 spiro atoms. The van der Waals surface area contributed by atoms with Crippen LogP contribution in [0.25, 0.3) is 0 Å². The van der Waals surface area contributed by atoms with Crippen LogP contribution in [0, 0.1) is 0 Å². The Kier molecular flexibility index (Phi) is 3.51. The van der Waals surface area contributed by atoms with Gasteiger partial charge in [0.05, 0.1) is 11.6 Å². The van der Waals surface area contributed by atoms with Crippen molar-refractivity contribution in [2.75, 3.05) is 4.90 Å². The van der Waals surface area contributed by atoms with Crippen molar-refractivity contribution < 1.29 is 14.7 Å². The highest BCUT2D eigenvalue weighted by atomic mass is 16.3. The molecule has 1 unspecified atom stereocenters. The van der Waals surface area contributed by atoms with E-state index in [0.29, 0.717) is 5.69 Å². The molecule has 2 aromatic rings. The van der Waals surface area contributed by atoms with Gasteiger partial charge in [0.15, 0.2) is 11.5 Å². The number of ketones is 1. The number of aliphatic hydroxyl groups is 1. The van der Waals surface area contributed by atoms with Gasteiger partial charge < -0.3 is 5.11 Å². The number of hydrogen-bond donors (Lipinski definition) is 1. The van der Waals surface area contributed by atoms with Gasteiger partial charge in [-0.25, -0.2) is 0 Å². The van der Waals surface area contributed by atoms with Gasteiger partial charge in [-0.3, -0.25) is 14.5 Å². The molecule has 1 heterocycles. The molecule has 22 heavy (non-hydrogen) atoms. The van der Waals surface area contributed by atoms with Crippen molar-refractivity contribution in [2.24, 2.45) is 0 Å². The van der Waals surface area contributed by atoms with Crippen LogP contribution < -0.4 is 4.90 Å². The molecule has 2 aromatic carbocycles. The van der Waals surface area contributed by atoms with E-state index in [1.807, 2.05) is 48.5 Å². The Morgan fingerprint density at radius 3 is 2.09 bits per heavy atom. The molecule has 0 radical (unpaired) electrons. The third-order valence-corrected chi connectivity index (χ3v) is 3.74. The molecule has 1 aliphatic heterocycles. The smallest absolute Gasteiger partial charge is 0.294 e. The number of anilines is 1. The standard InChI is InChI=1S/C18H15NO3/c1-12(20)15-16(13-8-4-2-5-9-13)19(18(22)17(15)21)14-10-6-3-7-11-14/h2-11,16,21H,1H3. The zero-order chi connectivity index (χ0) is 15.7. The molecule has 0 saturated carbocycles. The van der Waals surface area contributed by atoms with Gasteiger partial charge in [-0.2, -0.15) is 0 Å². The van der Waals surface area contributed by atoms with E-state index in [-0.39, 0.29) is 11.4 Å². The summed E-state index contributed by atoms with van der Waals surface area (Å²) >= 11 is 0. The second-order valence-corrected chi connectivity index (χ2v) is 5.14. The molecule has 4 heteroatoms. The van der Waals surface area contributed by atoms with Crippen molar-refractivity contribution >= 4 is 17.4 Å². The fourth-order valence-electron chi connectivity index (χ4n) is 2.77. The Morgan fingerprint density at radius 1 is 1.00 bits per heavy atom. The van der Waals surface area contributed by atoms with Gasteiger partial charge in [0, 0.05) is 5.69 Å². The third-order valence-electron chi connectivity index (χ3n) is 3.74. The maximum atomic E-state index is 12.5. The van der Waals surface area contributed by atoms with Crippen molar-refractivity contribution in [3.63, 3.8) is 0 Å². The summed E-state index contributed by atoms with van der Waals surface area (Å²) in [5.41, 5.74) is 1.57. The first-order chi connectivity index (χ1) is 10.6. The first kappa shape index (κ1) is 14.1. The van der Waals surface area contributed by atoms with Crippen LogP contribution in [0.3, 0.4) is 0 Å². The monoisotopic (exact) mass is 293 g/mol. The molecule has 1 amide bonds. The number of carbonyl (C=O) groups is 2. The summed E-state index contributed by atoms with van der Waals surface area (Å²) in [5.74, 6) is -1.33. The van der Waals surface area contributed by atoms with Gasteiger partial charge >= 0.3 is 0 Å². The molecule has 1 atom stereocenters. The molecule has 3 rings (SSSR count). The molecular formula is C18H15NO3. The number of amides is 1. The van der Waals surface area contributed by atoms with E-state index < -0.39 is 17.7 Å². The Morgan fingerprint density at radius 2 is 1.55 bits per heavy atom. The molecule has 0 bridgehead atoms. The fraction of sp³-hybridized carbons (Fsp3) is 0.111. The largest absolute Gasteiger partial charge is 0.503 e. The van der Waals surface area contributed by atoms with Crippen LogP contribution >= 0.6 is 0 Å². The SMILES string of the molecule is CC(=O)C1=C(O)C(=O)N(c2ccccc2)C1c1ccccc1. The van der Waals surface area contributed by atoms with Gasteiger partial charge in [0.2, 0.25) is 0 Å². The molecule has 0 saturated heterocycles. The first-order valence-electron chi connectivity index (χ1n) is 6.99. The number of para-hydroxylation sites is 1. The van der Waals surface area contributed by atoms with Crippen LogP contribution in [0.1, 0.15) is 18.5 Å². The summed E-state index contributed by atoms with van der Waals surface area (Å²) in [6, 6.07) is 17.7. The maximum Gasteiger partial charge on any atom is 0.294 e. The second-order valence-electron chi connectivity index (χ2n) is 5.14. The quantitative estimate of drug-likeness (QED) is 0.945. The lowest BCUT2D eigenvalue weighted by atomic mass is 9.96. The number of aliphatic hydroxyl groups excluding tert-OH is 1. The highest BCUT2D eigenvalue weighted by Crippen LogP contribution is 2.40. The topological polar surface area (TPSA) is 57.6 Å². The van der Waals surface area contributed by atoms with E-state index in [4.69, 9.17) is 0 Å². The zero-order valence-electron chi connectivity index (χ0n) is 12.1. The summed E-state index contributed by atoms with van der Waals surface area (Å²) < 4.78 is 0. The van der Waals surface area contributed by atoms with E-state index >= 15 is 0 Å². The van der Waals surface area contributed by atoms with Crippen molar-refractivity contribution in [1.29, 1.82) is 0 Å². The van der Waals surface area contributed by atoms with Crippen LogP contribution in [0.2, 0.25) is 0 Å². The van der Waals surface area contributed by atoms with Gasteiger partial charge in [0.1, 0.15) is 0 Å². The van der Waals surface area contributed by atoms with E-state index in [1.54, 1.807) is 12.1 Å². The number of benzene rings is 2. The first-order valence-corrected chi connectivity index (χ1v) is 6.99. The summed E-state index contributed by atoms with van der Waals surface area (Å²) in [4.78, 5) is 25.9. The third kappa shape index (κ3) is 2.19. The van der Waals surface area contributed by atoms with Crippen molar-refractivity contribution in [1.82, 2.24) is 0 Å². The fourth-order valence-corrected chi connectivity index (χ4v) is 2.77. The second kappa shape index (κ2) is 5.48. The Hall–Kier alpha value is -2.88.